The van der Waals surface area contributed by atoms with Crippen molar-refractivity contribution in [2.75, 3.05) is 36.5 Å². The third kappa shape index (κ3) is 3.47. The molecule has 8 heteroatoms. The fourth-order valence-corrected chi connectivity index (χ4v) is 4.43. The van der Waals surface area contributed by atoms with Gasteiger partial charge in [0, 0.05) is 24.5 Å². The smallest absolute Gasteiger partial charge is 0.337 e. The number of hydrogen-bond donors (Lipinski definition) is 3. The van der Waals surface area contributed by atoms with Gasteiger partial charge in [-0.3, -0.25) is 5.41 Å². The number of carbonyl (C=O) groups excluding carboxylic acids is 1. The van der Waals surface area contributed by atoms with Crippen LogP contribution in [-0.4, -0.2) is 53.6 Å². The number of aromatic nitrogens is 2. The molecule has 1 fully saturated rings. The van der Waals surface area contributed by atoms with Crippen molar-refractivity contribution >= 4 is 39.8 Å². The lowest BCUT2D eigenvalue weighted by atomic mass is 10.1. The molecule has 3 heterocycles. The summed E-state index contributed by atoms with van der Waals surface area (Å²) < 4.78 is 4.79. The van der Waals surface area contributed by atoms with Crippen LogP contribution in [0.5, 0.6) is 0 Å². The number of fused-ring (bicyclic) bond motifs is 1. The lowest BCUT2D eigenvalue weighted by Gasteiger charge is -2.28. The van der Waals surface area contributed by atoms with Gasteiger partial charge in [0.25, 0.3) is 0 Å². The number of nitrogens with zero attached hydrogens (tertiary/aromatic N) is 3. The summed E-state index contributed by atoms with van der Waals surface area (Å²) in [6.07, 6.45) is 3.69. The highest BCUT2D eigenvalue weighted by Crippen LogP contribution is 2.32. The van der Waals surface area contributed by atoms with E-state index in [0.29, 0.717) is 22.6 Å². The Balaban J connectivity index is 1.44. The number of rotatable bonds is 4. The molecule has 0 bridgehead atoms. The van der Waals surface area contributed by atoms with Gasteiger partial charge in [0.15, 0.2) is 0 Å². The van der Waals surface area contributed by atoms with Crippen LogP contribution in [0.25, 0.3) is 16.6 Å². The highest BCUT2D eigenvalue weighted by Gasteiger charge is 2.31. The van der Waals surface area contributed by atoms with Gasteiger partial charge in [-0.25, -0.2) is 9.78 Å². The van der Waals surface area contributed by atoms with Crippen LogP contribution in [0.1, 0.15) is 35.4 Å². The number of H-pyrrole nitrogens is 1. The number of hydrogen-bond acceptors (Lipinski definition) is 6. The number of aromatic amines is 1. The molecule has 0 radical (unpaired) electrons. The number of aliphatic hydroxyl groups is 1. The maximum absolute atomic E-state index is 11.9. The van der Waals surface area contributed by atoms with Crippen molar-refractivity contribution in [3.63, 3.8) is 0 Å². The third-order valence-electron chi connectivity index (χ3n) is 6.11. The molecule has 0 atom stereocenters. The Morgan fingerprint density at radius 2 is 1.94 bits per heavy atom. The molecule has 2 aromatic carbocycles. The molecule has 32 heavy (non-hydrogen) atoms. The Hall–Kier alpha value is -3.81. The van der Waals surface area contributed by atoms with Crippen molar-refractivity contribution in [3.05, 3.63) is 59.6 Å². The van der Waals surface area contributed by atoms with Crippen molar-refractivity contribution in [2.24, 2.45) is 0 Å². The van der Waals surface area contributed by atoms with Crippen molar-refractivity contribution < 1.29 is 14.6 Å². The standard InChI is InChI=1S/C24H25N5O3/c1-32-24(31)15-6-5-7-17(12-15)29-14-20(30)21(22(29)25)23-26-18-9-8-16(13-19(18)27-23)28-10-3-2-4-11-28/h5-9,12-13,25,30H,2-4,10-11,14H2,1H3,(H,26,27). The third-order valence-corrected chi connectivity index (χ3v) is 6.11. The topological polar surface area (TPSA) is 106 Å². The van der Waals surface area contributed by atoms with Crippen LogP contribution < -0.4 is 9.80 Å². The van der Waals surface area contributed by atoms with Gasteiger partial charge in [0.2, 0.25) is 0 Å². The molecule has 0 saturated carbocycles. The first-order chi connectivity index (χ1) is 15.5. The summed E-state index contributed by atoms with van der Waals surface area (Å²) in [6.45, 7) is 2.25. The summed E-state index contributed by atoms with van der Waals surface area (Å²) in [6, 6.07) is 13.0. The van der Waals surface area contributed by atoms with Gasteiger partial charge in [-0.1, -0.05) is 6.07 Å². The number of methoxy groups -OCH3 is 1. The van der Waals surface area contributed by atoms with E-state index in [9.17, 15) is 9.90 Å². The first-order valence-electron chi connectivity index (χ1n) is 10.8. The van der Waals surface area contributed by atoms with Crippen LogP contribution in [-0.2, 0) is 4.74 Å². The molecule has 5 rings (SSSR count). The molecule has 164 valence electrons. The Morgan fingerprint density at radius 3 is 2.72 bits per heavy atom. The summed E-state index contributed by atoms with van der Waals surface area (Å²) in [4.78, 5) is 23.8. The van der Waals surface area contributed by atoms with E-state index in [-0.39, 0.29) is 18.1 Å². The molecule has 1 aromatic heterocycles. The molecule has 0 aliphatic carbocycles. The summed E-state index contributed by atoms with van der Waals surface area (Å²) in [5.41, 5.74) is 4.21. The minimum absolute atomic E-state index is 0.0637. The Morgan fingerprint density at radius 1 is 1.12 bits per heavy atom. The van der Waals surface area contributed by atoms with Crippen LogP contribution in [0.4, 0.5) is 11.4 Å². The number of piperidine rings is 1. The molecule has 3 aromatic rings. The minimum Gasteiger partial charge on any atom is -0.509 e. The van der Waals surface area contributed by atoms with Crippen molar-refractivity contribution in [3.8, 4) is 0 Å². The van der Waals surface area contributed by atoms with Crippen molar-refractivity contribution in [1.29, 1.82) is 5.41 Å². The van der Waals surface area contributed by atoms with Crippen LogP contribution in [0.3, 0.4) is 0 Å². The molecule has 0 unspecified atom stereocenters. The lowest BCUT2D eigenvalue weighted by Crippen LogP contribution is -2.29. The average molecular weight is 431 g/mol. The number of amidine groups is 1. The van der Waals surface area contributed by atoms with Gasteiger partial charge in [0.1, 0.15) is 17.4 Å². The summed E-state index contributed by atoms with van der Waals surface area (Å²) >= 11 is 0. The highest BCUT2D eigenvalue weighted by molar-refractivity contribution is 6.30. The molecule has 1 saturated heterocycles. The minimum atomic E-state index is -0.447. The first kappa shape index (κ1) is 20.1. The van der Waals surface area contributed by atoms with E-state index in [2.05, 4.69) is 27.0 Å². The van der Waals surface area contributed by atoms with E-state index in [1.165, 1.54) is 26.4 Å². The van der Waals surface area contributed by atoms with E-state index < -0.39 is 5.97 Å². The van der Waals surface area contributed by atoms with Gasteiger partial charge in [-0.15, -0.1) is 0 Å². The zero-order valence-electron chi connectivity index (χ0n) is 17.9. The molecule has 2 aliphatic rings. The predicted octanol–water partition coefficient (Wildman–Crippen LogP) is 4.11. The maximum atomic E-state index is 11.9. The predicted molar refractivity (Wildman–Crippen MR) is 125 cm³/mol. The highest BCUT2D eigenvalue weighted by atomic mass is 16.5. The quantitative estimate of drug-likeness (QED) is 0.537. The number of anilines is 2. The van der Waals surface area contributed by atoms with E-state index in [1.54, 1.807) is 29.2 Å². The van der Waals surface area contributed by atoms with E-state index in [1.807, 2.05) is 6.07 Å². The molecule has 0 spiro atoms. The summed E-state index contributed by atoms with van der Waals surface area (Å²) in [5, 5.41) is 19.4. The van der Waals surface area contributed by atoms with Crippen LogP contribution in [0, 0.1) is 5.41 Å². The van der Waals surface area contributed by atoms with E-state index in [0.717, 1.165) is 29.8 Å². The van der Waals surface area contributed by atoms with Gasteiger partial charge < -0.3 is 24.6 Å². The van der Waals surface area contributed by atoms with Crippen molar-refractivity contribution in [2.45, 2.75) is 19.3 Å². The molecule has 2 aliphatic heterocycles. The Labute approximate surface area is 185 Å². The second kappa shape index (κ2) is 8.03. The number of carbonyl (C=O) groups is 1. The number of nitrogens with one attached hydrogen (secondary N) is 2. The fraction of sp³-hybridized carbons (Fsp3) is 0.292. The lowest BCUT2D eigenvalue weighted by molar-refractivity contribution is 0.0601. The van der Waals surface area contributed by atoms with Gasteiger partial charge in [0.05, 0.1) is 35.8 Å². The second-order valence-corrected chi connectivity index (χ2v) is 8.13. The van der Waals surface area contributed by atoms with Crippen LogP contribution >= 0.6 is 0 Å². The molecular weight excluding hydrogens is 406 g/mol. The number of ether oxygens (including phenoxy) is 1. The van der Waals surface area contributed by atoms with Gasteiger partial charge >= 0.3 is 5.97 Å². The molecular formula is C24H25N5O3. The van der Waals surface area contributed by atoms with Crippen LogP contribution in [0.15, 0.2) is 48.2 Å². The second-order valence-electron chi connectivity index (χ2n) is 8.13. The summed E-state index contributed by atoms with van der Waals surface area (Å²) in [5.74, 6) is 0.204. The number of esters is 1. The number of aliphatic hydroxyl groups excluding tert-OH is 1. The monoisotopic (exact) mass is 431 g/mol. The van der Waals surface area contributed by atoms with Crippen molar-refractivity contribution in [1.82, 2.24) is 9.97 Å². The zero-order valence-corrected chi connectivity index (χ0v) is 17.9. The van der Waals surface area contributed by atoms with Gasteiger partial charge in [-0.05, 0) is 55.7 Å². The fourth-order valence-electron chi connectivity index (χ4n) is 4.43. The average Bonchev–Trinajstić information content (AvgIpc) is 3.38. The SMILES string of the molecule is COC(=O)c1cccc(N2CC(O)=C(c3nc4ccc(N5CCCCC5)cc4[nH]3)C2=N)c1. The molecule has 8 nitrogen and oxygen atoms in total. The summed E-state index contributed by atoms with van der Waals surface area (Å²) in [7, 11) is 1.33. The Kier molecular flexibility index (Phi) is 5.05. The normalized spacial score (nSPS) is 16.8. The molecule has 3 N–H and O–H groups in total. The molecule has 0 amide bonds. The van der Waals surface area contributed by atoms with Gasteiger partial charge in [-0.2, -0.15) is 0 Å². The largest absolute Gasteiger partial charge is 0.509 e. The number of benzene rings is 2. The van der Waals surface area contributed by atoms with Crippen LogP contribution in [0.2, 0.25) is 0 Å². The first-order valence-corrected chi connectivity index (χ1v) is 10.8. The van der Waals surface area contributed by atoms with E-state index >= 15 is 0 Å². The van der Waals surface area contributed by atoms with E-state index in [4.69, 9.17) is 10.1 Å². The number of imidazole rings is 1. The Bertz CT molecular complexity index is 1240. The maximum Gasteiger partial charge on any atom is 0.337 e. The zero-order chi connectivity index (χ0) is 22.2.